The van der Waals surface area contributed by atoms with E-state index >= 15 is 0 Å². The Balaban J connectivity index is 2.00. The molecule has 0 bridgehead atoms. The van der Waals surface area contributed by atoms with Crippen molar-refractivity contribution in [2.45, 2.75) is 18.9 Å². The first-order valence-electron chi connectivity index (χ1n) is 7.04. The fourth-order valence-electron chi connectivity index (χ4n) is 2.71. The van der Waals surface area contributed by atoms with E-state index in [2.05, 4.69) is 6.07 Å². The lowest BCUT2D eigenvalue weighted by molar-refractivity contribution is 0.284. The van der Waals surface area contributed by atoms with Gasteiger partial charge in [0.1, 0.15) is 5.75 Å². The van der Waals surface area contributed by atoms with Crippen molar-refractivity contribution in [2.24, 2.45) is 5.73 Å². The molecular formula is C17H18FNO2. The van der Waals surface area contributed by atoms with E-state index in [0.717, 1.165) is 29.7 Å². The lowest BCUT2D eigenvalue weighted by Crippen LogP contribution is -2.17. The van der Waals surface area contributed by atoms with E-state index in [9.17, 15) is 4.39 Å². The molecule has 1 atom stereocenters. The average Bonchev–Trinajstić information content (AvgIpc) is 2.54. The summed E-state index contributed by atoms with van der Waals surface area (Å²) in [5, 5.41) is 0. The van der Waals surface area contributed by atoms with E-state index in [1.807, 2.05) is 12.1 Å². The van der Waals surface area contributed by atoms with Crippen LogP contribution in [0.25, 0.3) is 0 Å². The predicted octanol–water partition coefficient (Wildman–Crippen LogP) is 3.21. The molecule has 3 nitrogen and oxygen atoms in total. The third-order valence-electron chi connectivity index (χ3n) is 3.83. The zero-order valence-corrected chi connectivity index (χ0v) is 11.9. The molecule has 1 unspecified atom stereocenters. The lowest BCUT2D eigenvalue weighted by Gasteiger charge is -2.23. The van der Waals surface area contributed by atoms with Crippen molar-refractivity contribution in [3.05, 3.63) is 58.9 Å². The van der Waals surface area contributed by atoms with Crippen LogP contribution >= 0.6 is 0 Å². The number of fused-ring (bicyclic) bond motifs is 1. The molecule has 0 aromatic heterocycles. The van der Waals surface area contributed by atoms with Crippen molar-refractivity contribution in [2.75, 3.05) is 13.7 Å². The van der Waals surface area contributed by atoms with Gasteiger partial charge >= 0.3 is 0 Å². The molecule has 2 aromatic rings. The van der Waals surface area contributed by atoms with Crippen LogP contribution in [0.2, 0.25) is 0 Å². The number of nitrogens with two attached hydrogens (primary N) is 1. The summed E-state index contributed by atoms with van der Waals surface area (Å²) < 4.78 is 24.3. The topological polar surface area (TPSA) is 44.5 Å². The van der Waals surface area contributed by atoms with Gasteiger partial charge in [-0.1, -0.05) is 24.3 Å². The van der Waals surface area contributed by atoms with Crippen LogP contribution in [0.4, 0.5) is 4.39 Å². The second kappa shape index (κ2) is 5.74. The van der Waals surface area contributed by atoms with Crippen molar-refractivity contribution >= 4 is 0 Å². The number of benzene rings is 2. The first kappa shape index (κ1) is 13.9. The number of aryl methyl sites for hydroxylation is 1. The van der Waals surface area contributed by atoms with Crippen molar-refractivity contribution in [1.29, 1.82) is 0 Å². The van der Waals surface area contributed by atoms with Crippen LogP contribution in [0, 0.1) is 5.82 Å². The zero-order chi connectivity index (χ0) is 14.8. The molecule has 4 heteroatoms. The molecular weight excluding hydrogens is 269 g/mol. The predicted molar refractivity (Wildman–Crippen MR) is 79.2 cm³/mol. The molecule has 21 heavy (non-hydrogen) atoms. The molecule has 2 N–H and O–H groups in total. The van der Waals surface area contributed by atoms with Crippen molar-refractivity contribution in [3.63, 3.8) is 0 Å². The highest BCUT2D eigenvalue weighted by Gasteiger charge is 2.20. The van der Waals surface area contributed by atoms with Gasteiger partial charge in [-0.25, -0.2) is 4.39 Å². The Morgan fingerprint density at radius 1 is 1.29 bits per heavy atom. The van der Waals surface area contributed by atoms with Gasteiger partial charge in [0.25, 0.3) is 0 Å². The Morgan fingerprint density at radius 3 is 2.95 bits per heavy atom. The Kier molecular flexibility index (Phi) is 3.80. The van der Waals surface area contributed by atoms with Gasteiger partial charge in [-0.05, 0) is 36.1 Å². The minimum Gasteiger partial charge on any atom is -0.494 e. The minimum atomic E-state index is -0.389. The van der Waals surface area contributed by atoms with E-state index < -0.39 is 0 Å². The highest BCUT2D eigenvalue weighted by molar-refractivity contribution is 5.48. The maximum absolute atomic E-state index is 13.5. The molecule has 0 amide bonds. The van der Waals surface area contributed by atoms with E-state index in [1.165, 1.54) is 18.7 Å². The van der Waals surface area contributed by atoms with Gasteiger partial charge in [0.2, 0.25) is 0 Å². The molecule has 2 aromatic carbocycles. The molecule has 1 heterocycles. The average molecular weight is 287 g/mol. The smallest absolute Gasteiger partial charge is 0.165 e. The Morgan fingerprint density at radius 2 is 2.14 bits per heavy atom. The molecule has 3 rings (SSSR count). The molecule has 0 saturated carbocycles. The van der Waals surface area contributed by atoms with Crippen LogP contribution in [-0.2, 0) is 6.42 Å². The normalized spacial score (nSPS) is 15.0. The van der Waals surface area contributed by atoms with Crippen molar-refractivity contribution < 1.29 is 13.9 Å². The lowest BCUT2D eigenvalue weighted by atomic mass is 9.94. The van der Waals surface area contributed by atoms with E-state index in [0.29, 0.717) is 6.61 Å². The van der Waals surface area contributed by atoms with Crippen LogP contribution in [-0.4, -0.2) is 13.7 Å². The second-order valence-electron chi connectivity index (χ2n) is 5.16. The van der Waals surface area contributed by atoms with Crippen LogP contribution < -0.4 is 15.2 Å². The molecule has 0 saturated heterocycles. The summed E-state index contributed by atoms with van der Waals surface area (Å²) in [5.41, 5.74) is 9.27. The van der Waals surface area contributed by atoms with Crippen LogP contribution in [0.1, 0.15) is 29.2 Å². The zero-order valence-electron chi connectivity index (χ0n) is 11.9. The summed E-state index contributed by atoms with van der Waals surface area (Å²) in [4.78, 5) is 0. The molecule has 1 aliphatic heterocycles. The number of hydrogen-bond donors (Lipinski definition) is 1. The standard InChI is InChI=1S/C17H18FNO2/c1-20-15-10-12(7-8-14(15)18)16(19)13-6-2-4-11-5-3-9-21-17(11)13/h2,4,6-8,10,16H,3,5,9,19H2,1H3. The van der Waals surface area contributed by atoms with Gasteiger partial charge in [-0.3, -0.25) is 0 Å². The third kappa shape index (κ3) is 2.59. The van der Waals surface area contributed by atoms with Gasteiger partial charge in [0.05, 0.1) is 19.8 Å². The Hall–Kier alpha value is -2.07. The van der Waals surface area contributed by atoms with Crippen LogP contribution in [0.5, 0.6) is 11.5 Å². The first-order chi connectivity index (χ1) is 10.2. The van der Waals surface area contributed by atoms with Crippen LogP contribution in [0.3, 0.4) is 0 Å². The minimum absolute atomic E-state index is 0.202. The summed E-state index contributed by atoms with van der Waals surface area (Å²) in [7, 11) is 1.45. The van der Waals surface area contributed by atoms with Gasteiger partial charge in [0, 0.05) is 5.56 Å². The highest BCUT2D eigenvalue weighted by atomic mass is 19.1. The summed E-state index contributed by atoms with van der Waals surface area (Å²) in [5.74, 6) is 0.688. The van der Waals surface area contributed by atoms with E-state index in [1.54, 1.807) is 12.1 Å². The quantitative estimate of drug-likeness (QED) is 0.942. The number of methoxy groups -OCH3 is 1. The largest absolute Gasteiger partial charge is 0.494 e. The number of rotatable bonds is 3. The van der Waals surface area contributed by atoms with Gasteiger partial charge in [-0.2, -0.15) is 0 Å². The number of ether oxygens (including phenoxy) is 2. The van der Waals surface area contributed by atoms with E-state index in [-0.39, 0.29) is 17.6 Å². The number of halogens is 1. The monoisotopic (exact) mass is 287 g/mol. The Labute approximate surface area is 123 Å². The highest BCUT2D eigenvalue weighted by Crippen LogP contribution is 2.35. The molecule has 0 aliphatic carbocycles. The maximum atomic E-state index is 13.5. The van der Waals surface area contributed by atoms with Gasteiger partial charge in [-0.15, -0.1) is 0 Å². The van der Waals surface area contributed by atoms with Crippen molar-refractivity contribution in [1.82, 2.24) is 0 Å². The van der Waals surface area contributed by atoms with Gasteiger partial charge in [0.15, 0.2) is 11.6 Å². The molecule has 110 valence electrons. The summed E-state index contributed by atoms with van der Waals surface area (Å²) in [6.07, 6.45) is 2.03. The molecule has 0 spiro atoms. The number of hydrogen-bond acceptors (Lipinski definition) is 3. The molecule has 0 radical (unpaired) electrons. The Bertz CT molecular complexity index is 657. The summed E-state index contributed by atoms with van der Waals surface area (Å²) in [6.45, 7) is 0.712. The fourth-order valence-corrected chi connectivity index (χ4v) is 2.71. The summed E-state index contributed by atoms with van der Waals surface area (Å²) in [6, 6.07) is 10.4. The summed E-state index contributed by atoms with van der Waals surface area (Å²) >= 11 is 0. The molecule has 1 aliphatic rings. The van der Waals surface area contributed by atoms with Gasteiger partial charge < -0.3 is 15.2 Å². The van der Waals surface area contributed by atoms with E-state index in [4.69, 9.17) is 15.2 Å². The third-order valence-corrected chi connectivity index (χ3v) is 3.83. The number of para-hydroxylation sites is 1. The fraction of sp³-hybridized carbons (Fsp3) is 0.294. The maximum Gasteiger partial charge on any atom is 0.165 e. The second-order valence-corrected chi connectivity index (χ2v) is 5.16. The SMILES string of the molecule is COc1cc(C(N)c2cccc3c2OCCC3)ccc1F. The van der Waals surface area contributed by atoms with Crippen molar-refractivity contribution in [3.8, 4) is 11.5 Å². The van der Waals surface area contributed by atoms with Crippen LogP contribution in [0.15, 0.2) is 36.4 Å². The first-order valence-corrected chi connectivity index (χ1v) is 7.04. The molecule has 0 fully saturated rings.